The molecule has 0 amide bonds. The number of nitrogens with zero attached hydrogens (tertiary/aromatic N) is 1. The first-order valence-electron chi connectivity index (χ1n) is 8.81. The van der Waals surface area contributed by atoms with E-state index < -0.39 is 24.3 Å². The molecule has 0 atom stereocenters. The molecule has 0 saturated carbocycles. The molecular formula is C18H27BN2O4. The maximum Gasteiger partial charge on any atom is 0.494 e. The van der Waals surface area contributed by atoms with Gasteiger partial charge in [0.2, 0.25) is 0 Å². The van der Waals surface area contributed by atoms with Gasteiger partial charge in [-0.1, -0.05) is 0 Å². The second-order valence-electron chi connectivity index (χ2n) is 7.84. The molecule has 3 rings (SSSR count). The first-order chi connectivity index (χ1) is 11.6. The van der Waals surface area contributed by atoms with E-state index in [0.717, 1.165) is 42.9 Å². The summed E-state index contributed by atoms with van der Waals surface area (Å²) in [4.78, 5) is 14.0. The maximum absolute atomic E-state index is 11.8. The molecule has 6 nitrogen and oxygen atoms in total. The average molecular weight is 346 g/mol. The van der Waals surface area contributed by atoms with E-state index in [4.69, 9.17) is 9.31 Å². The molecule has 0 aliphatic carbocycles. The standard InChI is InChI=1S/C18H27BN2O4/c1-12-14(16(22)23)10-13(11-15(12)21-8-6-20-7-9-21)19-24-17(2,3)18(4,5)25-19/h10-11,20H,6-9H2,1-5H3,(H,22,23). The van der Waals surface area contributed by atoms with E-state index in [2.05, 4.69) is 10.2 Å². The topological polar surface area (TPSA) is 71.0 Å². The van der Waals surface area contributed by atoms with E-state index >= 15 is 0 Å². The normalized spacial score (nSPS) is 22.3. The minimum absolute atomic E-state index is 0.306. The summed E-state index contributed by atoms with van der Waals surface area (Å²) in [5, 5.41) is 13.0. The number of benzene rings is 1. The summed E-state index contributed by atoms with van der Waals surface area (Å²) >= 11 is 0. The Labute approximate surface area is 149 Å². The number of carboxylic acid groups (broad SMARTS) is 1. The second-order valence-corrected chi connectivity index (χ2v) is 7.84. The summed E-state index contributed by atoms with van der Waals surface area (Å²) in [5.41, 5.74) is 1.89. The van der Waals surface area contributed by atoms with Gasteiger partial charge in [-0.2, -0.15) is 0 Å². The van der Waals surface area contributed by atoms with Crippen LogP contribution in [0.15, 0.2) is 12.1 Å². The smallest absolute Gasteiger partial charge is 0.478 e. The van der Waals surface area contributed by atoms with Crippen molar-refractivity contribution in [3.8, 4) is 0 Å². The molecule has 0 radical (unpaired) electrons. The van der Waals surface area contributed by atoms with Crippen LogP contribution in [-0.2, 0) is 9.31 Å². The van der Waals surface area contributed by atoms with E-state index in [1.165, 1.54) is 0 Å². The SMILES string of the molecule is Cc1c(C(=O)O)cc(B2OC(C)(C)C(C)(C)O2)cc1N1CCNCC1. The van der Waals surface area contributed by atoms with Gasteiger partial charge in [0, 0.05) is 31.9 Å². The Balaban J connectivity index is 2.02. The quantitative estimate of drug-likeness (QED) is 0.807. The summed E-state index contributed by atoms with van der Waals surface area (Å²) < 4.78 is 12.2. The lowest BCUT2D eigenvalue weighted by Gasteiger charge is -2.32. The van der Waals surface area contributed by atoms with Crippen LogP contribution in [0.2, 0.25) is 0 Å². The fourth-order valence-corrected chi connectivity index (χ4v) is 3.29. The highest BCUT2D eigenvalue weighted by Crippen LogP contribution is 2.37. The van der Waals surface area contributed by atoms with Crippen molar-refractivity contribution < 1.29 is 19.2 Å². The molecule has 2 heterocycles. The van der Waals surface area contributed by atoms with E-state index in [-0.39, 0.29) is 0 Å². The third-order valence-corrected chi connectivity index (χ3v) is 5.62. The highest BCUT2D eigenvalue weighted by molar-refractivity contribution is 6.62. The molecule has 25 heavy (non-hydrogen) atoms. The van der Waals surface area contributed by atoms with Crippen LogP contribution in [0.4, 0.5) is 5.69 Å². The monoisotopic (exact) mass is 346 g/mol. The number of piperazine rings is 1. The zero-order valence-corrected chi connectivity index (χ0v) is 15.7. The Hall–Kier alpha value is -1.57. The van der Waals surface area contributed by atoms with E-state index in [0.29, 0.717) is 5.56 Å². The van der Waals surface area contributed by atoms with Gasteiger partial charge in [0.15, 0.2) is 0 Å². The largest absolute Gasteiger partial charge is 0.494 e. The lowest BCUT2D eigenvalue weighted by atomic mass is 9.77. The van der Waals surface area contributed by atoms with Crippen LogP contribution in [0.3, 0.4) is 0 Å². The molecule has 0 unspecified atom stereocenters. The van der Waals surface area contributed by atoms with Gasteiger partial charge in [0.25, 0.3) is 0 Å². The average Bonchev–Trinajstić information content (AvgIpc) is 2.76. The number of carboxylic acids is 1. The Morgan fingerprint density at radius 3 is 2.24 bits per heavy atom. The molecule has 2 aliphatic heterocycles. The molecule has 0 bridgehead atoms. The molecule has 1 aromatic rings. The van der Waals surface area contributed by atoms with Crippen LogP contribution < -0.4 is 15.7 Å². The zero-order chi connectivity index (χ0) is 18.4. The van der Waals surface area contributed by atoms with Crippen molar-refractivity contribution in [1.82, 2.24) is 5.32 Å². The minimum atomic E-state index is -0.924. The number of rotatable bonds is 3. The number of carbonyl (C=O) groups is 1. The van der Waals surface area contributed by atoms with Crippen molar-refractivity contribution in [2.75, 3.05) is 31.1 Å². The second kappa shape index (κ2) is 6.30. The van der Waals surface area contributed by atoms with Gasteiger partial charge >= 0.3 is 13.1 Å². The maximum atomic E-state index is 11.8. The number of aromatic carboxylic acids is 1. The number of anilines is 1. The van der Waals surface area contributed by atoms with Gasteiger partial charge in [-0.25, -0.2) is 4.79 Å². The van der Waals surface area contributed by atoms with Crippen LogP contribution in [0.25, 0.3) is 0 Å². The van der Waals surface area contributed by atoms with Gasteiger partial charge < -0.3 is 24.6 Å². The Morgan fingerprint density at radius 2 is 1.72 bits per heavy atom. The lowest BCUT2D eigenvalue weighted by Crippen LogP contribution is -2.45. The molecular weight excluding hydrogens is 319 g/mol. The van der Waals surface area contributed by atoms with Crippen LogP contribution in [0.1, 0.15) is 43.6 Å². The molecule has 7 heteroatoms. The van der Waals surface area contributed by atoms with Gasteiger partial charge in [-0.3, -0.25) is 0 Å². The third-order valence-electron chi connectivity index (χ3n) is 5.62. The molecule has 0 spiro atoms. The third kappa shape index (κ3) is 3.28. The summed E-state index contributed by atoms with van der Waals surface area (Å²) in [6, 6.07) is 3.71. The van der Waals surface area contributed by atoms with Crippen molar-refractivity contribution in [3.05, 3.63) is 23.3 Å². The van der Waals surface area contributed by atoms with E-state index in [1.807, 2.05) is 40.7 Å². The van der Waals surface area contributed by atoms with Gasteiger partial charge in [-0.15, -0.1) is 0 Å². The summed E-state index contributed by atoms with van der Waals surface area (Å²) in [7, 11) is -0.564. The molecule has 2 N–H and O–H groups in total. The van der Waals surface area contributed by atoms with Crippen molar-refractivity contribution in [2.24, 2.45) is 0 Å². The summed E-state index contributed by atoms with van der Waals surface area (Å²) in [6.07, 6.45) is 0. The van der Waals surface area contributed by atoms with Crippen LogP contribution in [0.5, 0.6) is 0 Å². The van der Waals surface area contributed by atoms with Gasteiger partial charge in [-0.05, 0) is 57.8 Å². The Morgan fingerprint density at radius 1 is 1.16 bits per heavy atom. The van der Waals surface area contributed by atoms with E-state index in [9.17, 15) is 9.90 Å². The van der Waals surface area contributed by atoms with Crippen molar-refractivity contribution in [3.63, 3.8) is 0 Å². The minimum Gasteiger partial charge on any atom is -0.478 e. The Bertz CT molecular complexity index is 668. The fraction of sp³-hybridized carbons (Fsp3) is 0.611. The van der Waals surface area contributed by atoms with Crippen molar-refractivity contribution >= 4 is 24.2 Å². The summed E-state index contributed by atoms with van der Waals surface area (Å²) in [5.74, 6) is -0.924. The lowest BCUT2D eigenvalue weighted by molar-refractivity contribution is 0.00578. The summed E-state index contributed by atoms with van der Waals surface area (Å²) in [6.45, 7) is 13.3. The Kier molecular flexibility index (Phi) is 4.60. The molecule has 2 fully saturated rings. The molecule has 0 aromatic heterocycles. The molecule has 2 saturated heterocycles. The van der Waals surface area contributed by atoms with Crippen LogP contribution in [-0.4, -0.2) is 55.6 Å². The molecule has 2 aliphatic rings. The number of hydrogen-bond acceptors (Lipinski definition) is 5. The first-order valence-corrected chi connectivity index (χ1v) is 8.81. The number of nitrogens with one attached hydrogen (secondary N) is 1. The first kappa shape index (κ1) is 18.2. The predicted octanol–water partition coefficient (Wildman–Crippen LogP) is 1.40. The van der Waals surface area contributed by atoms with Crippen LogP contribution >= 0.6 is 0 Å². The molecule has 136 valence electrons. The van der Waals surface area contributed by atoms with Gasteiger partial charge in [0.05, 0.1) is 16.8 Å². The predicted molar refractivity (Wildman–Crippen MR) is 98.9 cm³/mol. The van der Waals surface area contributed by atoms with Crippen molar-refractivity contribution in [2.45, 2.75) is 45.8 Å². The van der Waals surface area contributed by atoms with E-state index in [1.54, 1.807) is 6.07 Å². The van der Waals surface area contributed by atoms with Crippen molar-refractivity contribution in [1.29, 1.82) is 0 Å². The number of hydrogen-bond donors (Lipinski definition) is 2. The fourth-order valence-electron chi connectivity index (χ4n) is 3.29. The zero-order valence-electron chi connectivity index (χ0n) is 15.7. The highest BCUT2D eigenvalue weighted by Gasteiger charge is 2.52. The van der Waals surface area contributed by atoms with Crippen LogP contribution in [0, 0.1) is 6.92 Å². The molecule has 1 aromatic carbocycles. The highest BCUT2D eigenvalue weighted by atomic mass is 16.7. The van der Waals surface area contributed by atoms with Gasteiger partial charge in [0.1, 0.15) is 0 Å².